The molecule has 0 fully saturated rings. The van der Waals surface area contributed by atoms with E-state index in [0.29, 0.717) is 21.4 Å². The van der Waals surface area contributed by atoms with Gasteiger partial charge in [0.2, 0.25) is 11.8 Å². The summed E-state index contributed by atoms with van der Waals surface area (Å²) in [5.41, 5.74) is 1.72. The molecule has 3 aromatic carbocycles. The molecule has 214 valence electrons. The smallest absolute Gasteiger partial charge is 0.264 e. The maximum absolute atomic E-state index is 14.0. The van der Waals surface area contributed by atoms with Crippen LogP contribution in [0.15, 0.2) is 65.6 Å². The van der Waals surface area contributed by atoms with Gasteiger partial charge in [-0.2, -0.15) is 0 Å². The molecule has 0 radical (unpaired) electrons. The van der Waals surface area contributed by atoms with Crippen molar-refractivity contribution in [2.24, 2.45) is 0 Å². The van der Waals surface area contributed by atoms with E-state index < -0.39 is 34.4 Å². The molecule has 0 saturated carbocycles. The topological polar surface area (TPSA) is 105 Å². The first-order valence-corrected chi connectivity index (χ1v) is 14.4. The fourth-order valence-corrected chi connectivity index (χ4v) is 5.87. The summed E-state index contributed by atoms with van der Waals surface area (Å²) in [6.07, 6.45) is 0. The van der Waals surface area contributed by atoms with E-state index in [0.717, 1.165) is 9.87 Å². The number of aryl methyl sites for hydroxylation is 1. The first kappa shape index (κ1) is 31.1. The summed E-state index contributed by atoms with van der Waals surface area (Å²) in [6, 6.07) is 14.8. The summed E-state index contributed by atoms with van der Waals surface area (Å²) in [6.45, 7) is 2.78. The number of ether oxygens (including phenoxy) is 2. The third-order valence-corrected chi connectivity index (χ3v) is 8.67. The van der Waals surface area contributed by atoms with Gasteiger partial charge in [0.05, 0.1) is 24.8 Å². The van der Waals surface area contributed by atoms with Crippen molar-refractivity contribution >= 4 is 50.7 Å². The number of carbonyl (C=O) groups excluding carboxylic acids is 2. The van der Waals surface area contributed by atoms with E-state index in [-0.39, 0.29) is 22.9 Å². The molecule has 40 heavy (non-hydrogen) atoms. The Morgan fingerprint density at radius 3 is 2.17 bits per heavy atom. The van der Waals surface area contributed by atoms with Crippen LogP contribution in [-0.4, -0.2) is 59.0 Å². The first-order valence-electron chi connectivity index (χ1n) is 12.2. The normalized spacial score (nSPS) is 11.9. The zero-order valence-electron chi connectivity index (χ0n) is 22.8. The molecular weight excluding hydrogens is 577 g/mol. The highest BCUT2D eigenvalue weighted by Gasteiger charge is 2.33. The molecule has 12 heteroatoms. The zero-order chi connectivity index (χ0) is 29.6. The Balaban J connectivity index is 2.08. The lowest BCUT2D eigenvalue weighted by Crippen LogP contribution is -2.50. The minimum Gasteiger partial charge on any atom is -0.493 e. The Labute approximate surface area is 244 Å². The molecule has 0 bridgehead atoms. The van der Waals surface area contributed by atoms with Crippen molar-refractivity contribution in [3.8, 4) is 11.5 Å². The number of carbonyl (C=O) groups is 2. The predicted octanol–water partition coefficient (Wildman–Crippen LogP) is 4.68. The second-order valence-corrected chi connectivity index (χ2v) is 11.6. The van der Waals surface area contributed by atoms with Crippen molar-refractivity contribution in [1.82, 2.24) is 10.2 Å². The number of likely N-dealkylation sites (N-methyl/N-ethyl adjacent to an activating group) is 1. The number of halogens is 2. The fraction of sp³-hybridized carbons (Fsp3) is 0.286. The highest BCUT2D eigenvalue weighted by Crippen LogP contribution is 2.32. The Morgan fingerprint density at radius 2 is 1.60 bits per heavy atom. The van der Waals surface area contributed by atoms with Crippen molar-refractivity contribution in [3.63, 3.8) is 0 Å². The summed E-state index contributed by atoms with van der Waals surface area (Å²) in [5.74, 6) is -0.481. The second-order valence-electron chi connectivity index (χ2n) is 8.91. The van der Waals surface area contributed by atoms with E-state index in [4.69, 9.17) is 32.7 Å². The third-order valence-electron chi connectivity index (χ3n) is 6.31. The summed E-state index contributed by atoms with van der Waals surface area (Å²) in [5, 5.41) is 3.26. The van der Waals surface area contributed by atoms with E-state index >= 15 is 0 Å². The summed E-state index contributed by atoms with van der Waals surface area (Å²) < 4.78 is 39.5. The molecule has 2 amide bonds. The minimum atomic E-state index is -4.29. The molecule has 0 aliphatic rings. The molecule has 1 atom stereocenters. The number of benzene rings is 3. The second kappa shape index (κ2) is 13.3. The summed E-state index contributed by atoms with van der Waals surface area (Å²) in [7, 11) is 0.0114. The van der Waals surface area contributed by atoms with Crippen LogP contribution in [0.25, 0.3) is 0 Å². The lowest BCUT2D eigenvalue weighted by Gasteiger charge is -2.32. The van der Waals surface area contributed by atoms with Gasteiger partial charge in [-0.25, -0.2) is 8.42 Å². The molecule has 0 aliphatic carbocycles. The number of methoxy groups -OCH3 is 2. The Kier molecular flexibility index (Phi) is 10.3. The van der Waals surface area contributed by atoms with Crippen LogP contribution < -0.4 is 19.1 Å². The van der Waals surface area contributed by atoms with E-state index in [1.165, 1.54) is 50.4 Å². The number of nitrogens with one attached hydrogen (secondary N) is 1. The lowest BCUT2D eigenvalue weighted by molar-refractivity contribution is -0.139. The molecule has 9 nitrogen and oxygen atoms in total. The van der Waals surface area contributed by atoms with E-state index in [1.807, 2.05) is 6.92 Å². The molecule has 3 rings (SSSR count). The van der Waals surface area contributed by atoms with Gasteiger partial charge in [-0.05, 0) is 55.8 Å². The molecular formula is C28H31Cl2N3O6S. The Morgan fingerprint density at radius 1 is 0.950 bits per heavy atom. The van der Waals surface area contributed by atoms with Crippen LogP contribution in [0.3, 0.4) is 0 Å². The molecule has 0 spiro atoms. The quantitative estimate of drug-likeness (QED) is 0.339. The lowest BCUT2D eigenvalue weighted by atomic mass is 10.1. The molecule has 0 unspecified atom stereocenters. The van der Waals surface area contributed by atoms with Crippen molar-refractivity contribution in [2.75, 3.05) is 32.1 Å². The van der Waals surface area contributed by atoms with Crippen LogP contribution in [0.5, 0.6) is 11.5 Å². The number of anilines is 1. The third kappa shape index (κ3) is 6.99. The number of nitrogens with zero attached hydrogens (tertiary/aromatic N) is 2. The summed E-state index contributed by atoms with van der Waals surface area (Å²) in [4.78, 5) is 27.6. The van der Waals surface area contributed by atoms with Gasteiger partial charge < -0.3 is 19.7 Å². The highest BCUT2D eigenvalue weighted by molar-refractivity contribution is 7.92. The monoisotopic (exact) mass is 607 g/mol. The van der Waals surface area contributed by atoms with Crippen molar-refractivity contribution in [3.05, 3.63) is 81.8 Å². The number of hydrogen-bond donors (Lipinski definition) is 1. The predicted molar refractivity (Wildman–Crippen MR) is 156 cm³/mol. The molecule has 0 saturated heterocycles. The van der Waals surface area contributed by atoms with E-state index in [9.17, 15) is 18.0 Å². The Bertz CT molecular complexity index is 1480. The number of hydrogen-bond acceptors (Lipinski definition) is 6. The van der Waals surface area contributed by atoms with Crippen molar-refractivity contribution < 1.29 is 27.5 Å². The van der Waals surface area contributed by atoms with Crippen LogP contribution in [0.2, 0.25) is 10.0 Å². The van der Waals surface area contributed by atoms with Crippen molar-refractivity contribution in [2.45, 2.75) is 31.3 Å². The van der Waals surface area contributed by atoms with Crippen LogP contribution in [0, 0.1) is 6.92 Å². The van der Waals surface area contributed by atoms with Gasteiger partial charge in [0.1, 0.15) is 12.6 Å². The average Bonchev–Trinajstić information content (AvgIpc) is 2.94. The van der Waals surface area contributed by atoms with Gasteiger partial charge in [-0.3, -0.25) is 13.9 Å². The van der Waals surface area contributed by atoms with E-state index in [1.54, 1.807) is 43.3 Å². The first-order chi connectivity index (χ1) is 18.9. The fourth-order valence-electron chi connectivity index (χ4n) is 3.97. The maximum atomic E-state index is 14.0. The average molecular weight is 609 g/mol. The molecule has 0 aliphatic heterocycles. The maximum Gasteiger partial charge on any atom is 0.264 e. The van der Waals surface area contributed by atoms with Crippen LogP contribution in [0.4, 0.5) is 5.69 Å². The molecule has 0 aromatic heterocycles. The zero-order valence-corrected chi connectivity index (χ0v) is 25.1. The van der Waals surface area contributed by atoms with Gasteiger partial charge in [0, 0.05) is 29.7 Å². The molecule has 3 aromatic rings. The number of amides is 2. The van der Waals surface area contributed by atoms with Gasteiger partial charge >= 0.3 is 0 Å². The highest BCUT2D eigenvalue weighted by atomic mass is 35.5. The largest absolute Gasteiger partial charge is 0.493 e. The van der Waals surface area contributed by atoms with Crippen LogP contribution >= 0.6 is 23.2 Å². The van der Waals surface area contributed by atoms with Crippen LogP contribution in [0.1, 0.15) is 18.1 Å². The SMILES string of the molecule is CNC(=O)[C@H](C)N(Cc1ccc(Cl)cc1Cl)C(=O)CN(c1ccc(C)cc1)S(=O)(=O)c1ccc(OC)c(OC)c1. The molecule has 1 N–H and O–H groups in total. The Hall–Kier alpha value is -3.47. The summed E-state index contributed by atoms with van der Waals surface area (Å²) >= 11 is 12.4. The molecule has 0 heterocycles. The van der Waals surface area contributed by atoms with Gasteiger partial charge in [-0.1, -0.05) is 47.0 Å². The van der Waals surface area contributed by atoms with Gasteiger partial charge in [-0.15, -0.1) is 0 Å². The van der Waals surface area contributed by atoms with Gasteiger partial charge in [0.25, 0.3) is 10.0 Å². The number of sulfonamides is 1. The number of rotatable bonds is 11. The van der Waals surface area contributed by atoms with Crippen molar-refractivity contribution in [1.29, 1.82) is 0 Å². The van der Waals surface area contributed by atoms with Gasteiger partial charge in [0.15, 0.2) is 11.5 Å². The van der Waals surface area contributed by atoms with E-state index in [2.05, 4.69) is 5.32 Å². The van der Waals surface area contributed by atoms with Crippen LogP contribution in [-0.2, 0) is 26.2 Å². The standard InChI is InChI=1S/C28H31Cl2N3O6S/c1-18-6-10-22(11-7-18)33(40(36,37)23-12-13-25(38-4)26(15-23)39-5)17-27(34)32(19(2)28(35)31-3)16-20-8-9-21(29)14-24(20)30/h6-15,19H,16-17H2,1-5H3,(H,31,35)/t19-/m0/s1. The minimum absolute atomic E-state index is 0.0540.